The lowest BCUT2D eigenvalue weighted by atomic mass is 9.86. The maximum Gasteiger partial charge on any atom is 0.248 e. The van der Waals surface area contributed by atoms with E-state index >= 15 is 19.2 Å². The molecule has 11 bridgehead atoms. The predicted octanol–water partition coefficient (Wildman–Crippen LogP) is 0.0676. The number of primary amides is 1. The number of aliphatic hydroxyl groups excluding tert-OH is 6. The van der Waals surface area contributed by atoms with Gasteiger partial charge in [-0.2, -0.15) is 12.6 Å². The SMILES string of the molecule is CN[C@H](CC(C)C)C(=O)N[C@H]1C(=O)N[C@@H](CC(N)=O)C(=O)N[C@H]2C(=O)N[C@H]3C(=O)N[C@H](C(=O)N[C@H](C(=O)NCCS)c4cc(O)cc(O)c4-c4cc3ccc4O)[C@H](O)c3ccc(c(Cl)c3)Oc3cc2cc(c3O[C@@H]2O[C@H](CO)[C@@H](O)[C@H](O)[C@H]2O[C@H]2C[C@](C)(N)[C@H](O)[C@H](C)O2)Oc2ccc(cc2Cl)[C@H]1O. The van der Waals surface area contributed by atoms with Crippen LogP contribution in [0.1, 0.15) is 105 Å². The first kappa shape index (κ1) is 77.8. The maximum atomic E-state index is 16.1. The molecular weight excluding hydrogens is 1430 g/mol. The van der Waals surface area contributed by atoms with E-state index in [-0.39, 0.29) is 75.4 Å². The Morgan fingerprint density at radius 2 is 1.35 bits per heavy atom. The molecule has 7 aliphatic rings. The zero-order valence-corrected chi connectivity index (χ0v) is 58.6. The van der Waals surface area contributed by atoms with Crippen LogP contribution in [0.4, 0.5) is 0 Å². The fraction of sp³-hybridized carbons (Fsp3) is 0.441. The van der Waals surface area contributed by atoms with Crippen molar-refractivity contribution < 1.29 is 113 Å². The molecule has 0 aliphatic carbocycles. The van der Waals surface area contributed by atoms with Gasteiger partial charge in [0.1, 0.15) is 95.5 Å². The van der Waals surface area contributed by atoms with Gasteiger partial charge < -0.3 is 128 Å². The highest BCUT2D eigenvalue weighted by Gasteiger charge is 2.52. The van der Waals surface area contributed by atoms with Crippen LogP contribution in [0.2, 0.25) is 10.0 Å². The standard InChI is InChI=1S/C68H80Cl2N10O23S/c1-25(2)14-36(73-5)60(91)79-51-53(86)28-7-10-40(34(69)16-28)99-42-18-30-19-43(57(42)103-67-58(56(89)55(88)44(24-81)101-67)102-46-23-68(4,72)59(90)26(3)98-46)100-41-11-8-29(17-35(41)70)54(87)52-66(97)78-50(62(93)74-12-13-104)33-20-31(82)21-39(84)47(33)32-15-27(6-9-38(32)83)48(63(94)80-52)77-64(95)49(30)76-61(92)37(22-45(71)85)75-65(51)96/h6-11,15-21,25-26,36-37,44,46,48-56,58-59,67,73,81-84,86-90,104H,12-14,22-24,72H2,1-5H3,(H2,71,85)(H,74,93)(H,75,96)(H,76,92)(H,77,95)(H,78,97)(H,79,91)(H,80,94)/t26-,36+,37-,44+,46-,48+,49+,50-,51+,52-,53+,54+,55+,56-,58+,59+,67-,68-/m0/s1. The summed E-state index contributed by atoms with van der Waals surface area (Å²) in [5, 5.41) is 124. The summed E-state index contributed by atoms with van der Waals surface area (Å²) in [6.45, 7) is 5.58. The van der Waals surface area contributed by atoms with Crippen molar-refractivity contribution in [1.82, 2.24) is 42.5 Å². The Morgan fingerprint density at radius 3 is 1.94 bits per heavy atom. The van der Waals surface area contributed by atoms with E-state index in [4.69, 9.17) is 63.1 Å². The highest BCUT2D eigenvalue weighted by atomic mass is 35.5. The number of hydrogen-bond acceptors (Lipinski definition) is 26. The zero-order chi connectivity index (χ0) is 75.7. The summed E-state index contributed by atoms with van der Waals surface area (Å²) in [7, 11) is 1.48. The molecule has 8 amide bonds. The molecule has 2 saturated heterocycles. The summed E-state index contributed by atoms with van der Waals surface area (Å²) in [6.07, 6.45) is -18.4. The van der Waals surface area contributed by atoms with Gasteiger partial charge in [-0.3, -0.25) is 38.4 Å². The third-order valence-electron chi connectivity index (χ3n) is 18.2. The topological polar surface area (TPSA) is 522 Å². The van der Waals surface area contributed by atoms with Crippen LogP contribution in [0.25, 0.3) is 11.1 Å². The molecule has 0 unspecified atom stereocenters. The van der Waals surface area contributed by atoms with Crippen molar-refractivity contribution in [2.75, 3.05) is 26.0 Å². The Bertz CT molecular complexity index is 4140. The number of aliphatic hydroxyl groups is 6. The Hall–Kier alpha value is -8.85. The quantitative estimate of drug-likeness (QED) is 0.0617. The number of thiol groups is 1. The number of benzene rings is 5. The van der Waals surface area contributed by atoms with Gasteiger partial charge in [0, 0.05) is 41.5 Å². The van der Waals surface area contributed by atoms with Gasteiger partial charge in [0.25, 0.3) is 0 Å². The normalized spacial score (nSPS) is 28.9. The van der Waals surface area contributed by atoms with E-state index in [2.05, 4.69) is 55.2 Å². The van der Waals surface area contributed by atoms with Crippen LogP contribution in [0.3, 0.4) is 0 Å². The number of fused-ring (bicyclic) bond motifs is 15. The summed E-state index contributed by atoms with van der Waals surface area (Å²) in [6, 6.07) is 0.347. The number of carbonyl (C=O) groups excluding carboxylic acids is 8. The number of halogens is 2. The zero-order valence-electron chi connectivity index (χ0n) is 56.2. The summed E-state index contributed by atoms with van der Waals surface area (Å²) < 4.78 is 38.5. The number of phenolic OH excluding ortho intramolecular Hbond substituents is 3. The van der Waals surface area contributed by atoms with Crippen molar-refractivity contribution in [1.29, 1.82) is 0 Å². The summed E-state index contributed by atoms with van der Waals surface area (Å²) in [4.78, 5) is 119. The van der Waals surface area contributed by atoms with Crippen molar-refractivity contribution >= 4 is 83.1 Å². The molecule has 21 N–H and O–H groups in total. The van der Waals surface area contributed by atoms with Crippen molar-refractivity contribution in [3.05, 3.63) is 117 Å². The van der Waals surface area contributed by atoms with E-state index in [0.29, 0.717) is 0 Å². The van der Waals surface area contributed by atoms with E-state index in [1.54, 1.807) is 0 Å². The van der Waals surface area contributed by atoms with Crippen molar-refractivity contribution in [2.24, 2.45) is 17.4 Å². The fourth-order valence-electron chi connectivity index (χ4n) is 12.8. The number of nitrogens with two attached hydrogens (primary N) is 2. The minimum absolute atomic E-state index is 0.0656. The first-order chi connectivity index (χ1) is 49.2. The number of rotatable bonds is 15. The molecule has 12 rings (SSSR count). The number of likely N-dealkylation sites (N-methyl/N-ethyl adjacent to an activating group) is 1. The molecule has 0 radical (unpaired) electrons. The average Bonchev–Trinajstić information content (AvgIpc) is 0.765. The highest BCUT2D eigenvalue weighted by molar-refractivity contribution is 7.80. The Kier molecular flexibility index (Phi) is 24.1. The molecule has 7 heterocycles. The van der Waals surface area contributed by atoms with Crippen LogP contribution >= 0.6 is 35.8 Å². The van der Waals surface area contributed by atoms with E-state index in [9.17, 15) is 65.1 Å². The van der Waals surface area contributed by atoms with Crippen LogP contribution in [0, 0.1) is 5.92 Å². The van der Waals surface area contributed by atoms with Gasteiger partial charge in [-0.15, -0.1) is 0 Å². The van der Waals surface area contributed by atoms with Crippen LogP contribution < -0.4 is 68.2 Å². The molecule has 0 spiro atoms. The summed E-state index contributed by atoms with van der Waals surface area (Å²) >= 11 is 18.4. The number of phenols is 3. The molecule has 7 aliphatic heterocycles. The van der Waals surface area contributed by atoms with E-state index in [1.807, 2.05) is 13.8 Å². The predicted molar refractivity (Wildman–Crippen MR) is 369 cm³/mol. The molecule has 0 saturated carbocycles. The lowest BCUT2D eigenvalue weighted by Crippen LogP contribution is -2.64. The lowest BCUT2D eigenvalue weighted by Gasteiger charge is -2.47. The average molecular weight is 1510 g/mol. The van der Waals surface area contributed by atoms with Gasteiger partial charge in [-0.25, -0.2) is 0 Å². The molecule has 5 aromatic rings. The minimum atomic E-state index is -2.33. The van der Waals surface area contributed by atoms with E-state index in [0.717, 1.165) is 60.7 Å². The van der Waals surface area contributed by atoms with Gasteiger partial charge >= 0.3 is 0 Å². The molecule has 33 nitrogen and oxygen atoms in total. The third kappa shape index (κ3) is 16.8. The van der Waals surface area contributed by atoms with Crippen LogP contribution in [0.15, 0.2) is 78.9 Å². The number of nitrogens with one attached hydrogen (secondary N) is 8. The lowest BCUT2D eigenvalue weighted by molar-refractivity contribution is -0.333. The van der Waals surface area contributed by atoms with Crippen molar-refractivity contribution in [3.63, 3.8) is 0 Å². The second-order valence-electron chi connectivity index (χ2n) is 26.4. The van der Waals surface area contributed by atoms with Crippen LogP contribution in [0.5, 0.6) is 46.0 Å². The van der Waals surface area contributed by atoms with Crippen LogP contribution in [-0.2, 0) is 52.6 Å². The Morgan fingerprint density at radius 1 is 0.731 bits per heavy atom. The van der Waals surface area contributed by atoms with Gasteiger partial charge in [0.05, 0.1) is 41.3 Å². The smallest absolute Gasteiger partial charge is 0.248 e. The molecular formula is C68H80Cl2N10O23S. The summed E-state index contributed by atoms with van der Waals surface area (Å²) in [5.41, 5.74) is 8.57. The van der Waals surface area contributed by atoms with Gasteiger partial charge in [-0.1, -0.05) is 55.2 Å². The molecule has 2 fully saturated rings. The third-order valence-corrected chi connectivity index (χ3v) is 19.0. The molecule has 0 aromatic heterocycles. The first-order valence-corrected chi connectivity index (χ1v) is 34.2. The number of amides is 8. The number of aromatic hydroxyl groups is 3. The molecule has 18 atom stereocenters. The van der Waals surface area contributed by atoms with Gasteiger partial charge in [0.15, 0.2) is 23.9 Å². The molecule has 104 heavy (non-hydrogen) atoms. The fourth-order valence-corrected chi connectivity index (χ4v) is 13.4. The Balaban J connectivity index is 1.24. The number of carbonyl (C=O) groups is 8. The van der Waals surface area contributed by atoms with Crippen molar-refractivity contribution in [2.45, 2.75) is 156 Å². The second-order valence-corrected chi connectivity index (χ2v) is 27.7. The summed E-state index contributed by atoms with van der Waals surface area (Å²) in [5.74, 6) is -14.5. The Labute approximate surface area is 608 Å². The maximum absolute atomic E-state index is 16.1. The molecule has 36 heteroatoms. The second kappa shape index (κ2) is 32.3. The molecule has 5 aromatic carbocycles. The monoisotopic (exact) mass is 1510 g/mol. The largest absolute Gasteiger partial charge is 0.508 e. The van der Waals surface area contributed by atoms with Gasteiger partial charge in [0.2, 0.25) is 59.3 Å². The molecule has 560 valence electrons. The van der Waals surface area contributed by atoms with Crippen molar-refractivity contribution in [3.8, 4) is 57.1 Å². The highest BCUT2D eigenvalue weighted by Crippen LogP contribution is 2.50. The first-order valence-electron chi connectivity index (χ1n) is 32.8. The van der Waals surface area contributed by atoms with E-state index in [1.165, 1.54) is 39.1 Å². The van der Waals surface area contributed by atoms with Crippen LogP contribution in [-0.4, -0.2) is 198 Å². The van der Waals surface area contributed by atoms with Gasteiger partial charge in [-0.05, 0) is 116 Å². The van der Waals surface area contributed by atoms with E-state index < -0.39 is 220 Å². The number of hydrogen-bond donors (Lipinski definition) is 20. The minimum Gasteiger partial charge on any atom is -0.508 e. The number of ether oxygens (including phenoxy) is 6.